The molecule has 0 aromatic heterocycles. The van der Waals surface area contributed by atoms with E-state index in [4.69, 9.17) is 40.0 Å². The van der Waals surface area contributed by atoms with Crippen molar-refractivity contribution in [3.63, 3.8) is 0 Å². The highest BCUT2D eigenvalue weighted by Gasteiger charge is 2.58. The van der Waals surface area contributed by atoms with Crippen LogP contribution >= 0.6 is 11.6 Å². The van der Waals surface area contributed by atoms with Crippen LogP contribution in [0.15, 0.2) is 133 Å². The molecule has 0 saturated carbocycles. The molecule has 1 N–H and O–H groups in total. The number of hydrogen-bond acceptors (Lipinski definition) is 7. The van der Waals surface area contributed by atoms with Crippen LogP contribution in [0.2, 0.25) is 5.02 Å². The van der Waals surface area contributed by atoms with Crippen molar-refractivity contribution in [1.82, 2.24) is 0 Å². The van der Waals surface area contributed by atoms with Gasteiger partial charge >= 0.3 is 0 Å². The maximum Gasteiger partial charge on any atom is 0.225 e. The number of hydrogen-bond donors (Lipinski definition) is 1. The fourth-order valence-corrected chi connectivity index (χ4v) is 6.70. The number of aliphatic hydroxyl groups excluding tert-OH is 1. The van der Waals surface area contributed by atoms with E-state index in [9.17, 15) is 5.11 Å². The first kappa shape index (κ1) is 36.7. The van der Waals surface area contributed by atoms with Gasteiger partial charge in [-0.25, -0.2) is 0 Å². The number of aliphatic hydroxyl groups is 1. The monoisotopic (exact) mass is 708 g/mol. The van der Waals surface area contributed by atoms with Crippen LogP contribution in [0.4, 0.5) is 0 Å². The minimum Gasteiger partial charge on any atom is -0.494 e. The summed E-state index contributed by atoms with van der Waals surface area (Å²) in [5, 5.41) is 11.5. The van der Waals surface area contributed by atoms with Crippen molar-refractivity contribution in [2.24, 2.45) is 0 Å². The number of ether oxygens (including phenoxy) is 6. The number of methoxy groups -OCH3 is 1. The van der Waals surface area contributed by atoms with Crippen molar-refractivity contribution < 1.29 is 33.5 Å². The zero-order valence-electron chi connectivity index (χ0n) is 29.0. The lowest BCUT2D eigenvalue weighted by atomic mass is 9.86. The van der Waals surface area contributed by atoms with Gasteiger partial charge in [-0.15, -0.1) is 0 Å². The molecule has 1 saturated heterocycles. The van der Waals surface area contributed by atoms with Crippen molar-refractivity contribution in [1.29, 1.82) is 0 Å². The SMILES string of the molecule is CCOc1ccc(Cc2cc([C@]3(OC)O[C@H](CO)[C@H](OCc4ccccc4)[C@H](OCc4ccccc4)[C@H]3OCc3ccccc3)ccc2Cl)cc1. The molecule has 5 atom stereocenters. The standard InChI is InChI=1S/C43H45ClO7/c1-3-47-37-22-19-31(20-23-37)25-35-26-36(21-24-38(35)44)43(46-2)42(50-30-34-17-11-6-12-18-34)41(49-29-33-15-9-5-10-16-33)40(39(27-45)51-43)48-28-32-13-7-4-8-14-32/h4-24,26,39-42,45H,3,25,27-30H2,1-2H3/t39-,40+,41+,42-,43+/m1/s1. The van der Waals surface area contributed by atoms with Gasteiger partial charge in [-0.1, -0.05) is 121 Å². The number of benzene rings is 5. The van der Waals surface area contributed by atoms with Gasteiger partial charge in [0, 0.05) is 17.7 Å². The molecule has 1 aliphatic rings. The molecule has 8 heteroatoms. The molecule has 1 fully saturated rings. The quantitative estimate of drug-likeness (QED) is 0.111. The largest absolute Gasteiger partial charge is 0.494 e. The minimum absolute atomic E-state index is 0.257. The van der Waals surface area contributed by atoms with Gasteiger partial charge in [0.15, 0.2) is 0 Å². The first-order valence-corrected chi connectivity index (χ1v) is 17.7. The normalized spacial score (nSPS) is 21.7. The van der Waals surface area contributed by atoms with Gasteiger partial charge in [-0.2, -0.15) is 0 Å². The smallest absolute Gasteiger partial charge is 0.225 e. The maximum absolute atomic E-state index is 10.9. The average molecular weight is 709 g/mol. The van der Waals surface area contributed by atoms with Gasteiger partial charge in [0.25, 0.3) is 0 Å². The Morgan fingerprint density at radius 2 is 1.22 bits per heavy atom. The van der Waals surface area contributed by atoms with Crippen LogP contribution in [-0.4, -0.2) is 49.8 Å². The predicted molar refractivity (Wildman–Crippen MR) is 198 cm³/mol. The molecule has 5 aromatic carbocycles. The van der Waals surface area contributed by atoms with Crippen LogP contribution < -0.4 is 4.74 Å². The molecule has 6 rings (SSSR count). The summed E-state index contributed by atoms with van der Waals surface area (Å²) in [5.74, 6) is -0.692. The van der Waals surface area contributed by atoms with E-state index in [2.05, 4.69) is 0 Å². The zero-order valence-corrected chi connectivity index (χ0v) is 29.8. The first-order valence-electron chi connectivity index (χ1n) is 17.3. The van der Waals surface area contributed by atoms with Crippen LogP contribution in [0.3, 0.4) is 0 Å². The van der Waals surface area contributed by atoms with Crippen molar-refractivity contribution in [2.75, 3.05) is 20.3 Å². The van der Waals surface area contributed by atoms with Crippen molar-refractivity contribution in [3.05, 3.63) is 172 Å². The molecular formula is C43H45ClO7. The summed E-state index contributed by atoms with van der Waals surface area (Å²) < 4.78 is 39.2. The second kappa shape index (κ2) is 17.9. The van der Waals surface area contributed by atoms with Crippen LogP contribution in [-0.2, 0) is 55.7 Å². The fourth-order valence-electron chi connectivity index (χ4n) is 6.51. The second-order valence-electron chi connectivity index (χ2n) is 12.5. The van der Waals surface area contributed by atoms with E-state index < -0.39 is 30.2 Å². The molecule has 0 radical (unpaired) electrons. The lowest BCUT2D eigenvalue weighted by Crippen LogP contribution is -2.66. The molecule has 5 aromatic rings. The van der Waals surface area contributed by atoms with Crippen LogP contribution in [0.5, 0.6) is 5.75 Å². The molecule has 266 valence electrons. The van der Waals surface area contributed by atoms with Crippen LogP contribution in [0.1, 0.15) is 40.3 Å². The Hall–Kier alpha value is -4.05. The van der Waals surface area contributed by atoms with E-state index >= 15 is 0 Å². The lowest BCUT2D eigenvalue weighted by molar-refractivity contribution is -0.384. The Labute approximate surface area is 305 Å². The number of halogens is 1. The Morgan fingerprint density at radius 3 is 1.75 bits per heavy atom. The van der Waals surface area contributed by atoms with Crippen LogP contribution in [0.25, 0.3) is 0 Å². The summed E-state index contributed by atoms with van der Waals surface area (Å²) in [6.45, 7) is 3.05. The molecule has 0 amide bonds. The molecule has 0 unspecified atom stereocenters. The molecule has 1 aliphatic heterocycles. The van der Waals surface area contributed by atoms with Gasteiger partial charge in [-0.3, -0.25) is 0 Å². The highest BCUT2D eigenvalue weighted by molar-refractivity contribution is 6.31. The minimum atomic E-state index is -1.51. The molecule has 51 heavy (non-hydrogen) atoms. The lowest BCUT2D eigenvalue weighted by Gasteiger charge is -2.52. The van der Waals surface area contributed by atoms with Gasteiger partial charge in [0.2, 0.25) is 5.79 Å². The van der Waals surface area contributed by atoms with Gasteiger partial charge in [0.05, 0.1) is 33.0 Å². The predicted octanol–water partition coefficient (Wildman–Crippen LogP) is 8.28. The first-order chi connectivity index (χ1) is 25.0. The van der Waals surface area contributed by atoms with Crippen molar-refractivity contribution in [3.8, 4) is 5.75 Å². The molecule has 0 bridgehead atoms. The van der Waals surface area contributed by atoms with Gasteiger partial charge < -0.3 is 33.5 Å². The molecule has 1 heterocycles. The molecule has 7 nitrogen and oxygen atoms in total. The Bertz CT molecular complexity index is 1770. The summed E-state index contributed by atoms with van der Waals surface area (Å²) in [5.41, 5.74) is 5.57. The maximum atomic E-state index is 10.9. The second-order valence-corrected chi connectivity index (χ2v) is 12.9. The summed E-state index contributed by atoms with van der Waals surface area (Å²) >= 11 is 6.83. The summed E-state index contributed by atoms with van der Waals surface area (Å²) in [4.78, 5) is 0. The van der Waals surface area contributed by atoms with Crippen LogP contribution in [0, 0.1) is 0 Å². The summed E-state index contributed by atoms with van der Waals surface area (Å²) in [7, 11) is 1.59. The summed E-state index contributed by atoms with van der Waals surface area (Å²) in [6.07, 6.45) is -2.53. The number of rotatable bonds is 16. The highest BCUT2D eigenvalue weighted by Crippen LogP contribution is 2.44. The zero-order chi connectivity index (χ0) is 35.5. The van der Waals surface area contributed by atoms with Crippen molar-refractivity contribution >= 4 is 11.6 Å². The third-order valence-electron chi connectivity index (χ3n) is 9.09. The molecule has 0 aliphatic carbocycles. The van der Waals surface area contributed by atoms with E-state index in [1.54, 1.807) is 7.11 Å². The van der Waals surface area contributed by atoms with E-state index in [0.29, 0.717) is 23.6 Å². The topological polar surface area (TPSA) is 75.6 Å². The fraction of sp³-hybridized carbons (Fsp3) is 0.302. The van der Waals surface area contributed by atoms with Crippen molar-refractivity contribution in [2.45, 2.75) is 63.4 Å². The average Bonchev–Trinajstić information content (AvgIpc) is 3.18. The Morgan fingerprint density at radius 1 is 0.667 bits per heavy atom. The molecular weight excluding hydrogens is 664 g/mol. The van der Waals surface area contributed by atoms with E-state index in [1.165, 1.54) is 0 Å². The highest BCUT2D eigenvalue weighted by atomic mass is 35.5. The third kappa shape index (κ3) is 9.07. The Balaban J connectivity index is 1.40. The van der Waals surface area contributed by atoms with E-state index in [0.717, 1.165) is 33.6 Å². The summed E-state index contributed by atoms with van der Waals surface area (Å²) in [6, 6.07) is 43.5. The van der Waals surface area contributed by atoms with E-state index in [1.807, 2.05) is 140 Å². The Kier molecular flexibility index (Phi) is 12.9. The van der Waals surface area contributed by atoms with Gasteiger partial charge in [-0.05, 0) is 65.4 Å². The van der Waals surface area contributed by atoms with E-state index in [-0.39, 0.29) is 26.4 Å². The third-order valence-corrected chi connectivity index (χ3v) is 9.46. The molecule has 0 spiro atoms. The van der Waals surface area contributed by atoms with Gasteiger partial charge in [0.1, 0.15) is 30.2 Å².